The fourth-order valence-electron chi connectivity index (χ4n) is 5.78. The smallest absolute Gasteiger partial charge is 0.308 e. The molecule has 27 heavy (non-hydrogen) atoms. The number of nitriles is 1. The standard InChI is InChI=1S/C23H31NO3/c1-5-15-11-19-16(12-21(15)27-14(3)25)7-8-18-17(19)9-10-23(4,20(18)6-2)22(26)13-24/h11-12,17-18,20,22,26H,5-10H2,1-4H3/t17?,18?,20?,22?,23-/m0/s1. The number of aliphatic hydroxyl groups excluding tert-OH is 1. The quantitative estimate of drug-likeness (QED) is 0.481. The Balaban J connectivity index is 1.98. The van der Waals surface area contributed by atoms with E-state index in [1.165, 1.54) is 18.1 Å². The summed E-state index contributed by atoms with van der Waals surface area (Å²) < 4.78 is 5.45. The lowest BCUT2D eigenvalue weighted by molar-refractivity contribution is -0.131. The van der Waals surface area contributed by atoms with Crippen molar-refractivity contribution >= 4 is 5.97 Å². The van der Waals surface area contributed by atoms with Gasteiger partial charge in [0.25, 0.3) is 0 Å². The number of rotatable bonds is 4. The van der Waals surface area contributed by atoms with E-state index in [1.54, 1.807) is 0 Å². The minimum atomic E-state index is -0.901. The van der Waals surface area contributed by atoms with Gasteiger partial charge in [-0.3, -0.25) is 4.79 Å². The van der Waals surface area contributed by atoms with Crippen molar-refractivity contribution < 1.29 is 14.6 Å². The van der Waals surface area contributed by atoms with Crippen LogP contribution in [-0.4, -0.2) is 17.2 Å². The fraction of sp³-hybridized carbons (Fsp3) is 0.652. The second kappa shape index (κ2) is 7.64. The van der Waals surface area contributed by atoms with Gasteiger partial charge in [0, 0.05) is 12.3 Å². The third-order valence-electron chi connectivity index (χ3n) is 7.16. The Labute approximate surface area is 162 Å². The second-order valence-electron chi connectivity index (χ2n) is 8.51. The van der Waals surface area contributed by atoms with Gasteiger partial charge in [0.2, 0.25) is 0 Å². The first-order valence-corrected chi connectivity index (χ1v) is 10.3. The summed E-state index contributed by atoms with van der Waals surface area (Å²) in [4.78, 5) is 11.5. The predicted octanol–water partition coefficient (Wildman–Crippen LogP) is 4.53. The number of carbonyl (C=O) groups is 1. The molecule has 0 aromatic heterocycles. The number of benzene rings is 1. The summed E-state index contributed by atoms with van der Waals surface area (Å²) in [6.45, 7) is 7.82. The van der Waals surface area contributed by atoms with E-state index in [4.69, 9.17) is 4.74 Å². The molecule has 2 aliphatic carbocycles. The predicted molar refractivity (Wildman–Crippen MR) is 104 cm³/mol. The maximum atomic E-state index is 11.5. The average Bonchev–Trinajstić information content (AvgIpc) is 2.65. The number of hydrogen-bond acceptors (Lipinski definition) is 4. The summed E-state index contributed by atoms with van der Waals surface area (Å²) in [5.41, 5.74) is 3.45. The van der Waals surface area contributed by atoms with Crippen molar-refractivity contribution in [2.75, 3.05) is 0 Å². The van der Waals surface area contributed by atoms with Gasteiger partial charge in [-0.15, -0.1) is 0 Å². The molecule has 0 radical (unpaired) electrons. The van der Waals surface area contributed by atoms with Crippen LogP contribution in [0.15, 0.2) is 12.1 Å². The van der Waals surface area contributed by atoms with Gasteiger partial charge in [0.1, 0.15) is 11.9 Å². The molecule has 146 valence electrons. The van der Waals surface area contributed by atoms with Crippen molar-refractivity contribution in [1.29, 1.82) is 5.26 Å². The lowest BCUT2D eigenvalue weighted by Crippen LogP contribution is -2.48. The zero-order valence-electron chi connectivity index (χ0n) is 16.9. The lowest BCUT2D eigenvalue weighted by atomic mass is 9.52. The molecule has 3 rings (SSSR count). The van der Waals surface area contributed by atoms with Crippen molar-refractivity contribution in [3.8, 4) is 11.8 Å². The molecular weight excluding hydrogens is 338 g/mol. The van der Waals surface area contributed by atoms with Crippen molar-refractivity contribution in [1.82, 2.24) is 0 Å². The molecule has 4 heteroatoms. The summed E-state index contributed by atoms with van der Waals surface area (Å²) in [6, 6.07) is 6.43. The zero-order valence-corrected chi connectivity index (χ0v) is 16.9. The molecule has 0 heterocycles. The van der Waals surface area contributed by atoms with E-state index in [0.717, 1.165) is 44.1 Å². The van der Waals surface area contributed by atoms with Crippen LogP contribution in [0.5, 0.6) is 5.75 Å². The Morgan fingerprint density at radius 2 is 2.15 bits per heavy atom. The van der Waals surface area contributed by atoms with E-state index < -0.39 is 6.10 Å². The molecule has 5 atom stereocenters. The molecule has 0 saturated heterocycles. The van der Waals surface area contributed by atoms with Crippen molar-refractivity contribution in [2.45, 2.75) is 78.2 Å². The van der Waals surface area contributed by atoms with Crippen molar-refractivity contribution in [3.05, 3.63) is 28.8 Å². The minimum Gasteiger partial charge on any atom is -0.426 e. The average molecular weight is 370 g/mol. The van der Waals surface area contributed by atoms with Crippen LogP contribution in [0.2, 0.25) is 0 Å². The van der Waals surface area contributed by atoms with E-state index >= 15 is 0 Å². The molecule has 0 aliphatic heterocycles. The van der Waals surface area contributed by atoms with Crippen molar-refractivity contribution in [3.63, 3.8) is 0 Å². The van der Waals surface area contributed by atoms with Gasteiger partial charge in [0.05, 0.1) is 6.07 Å². The molecule has 1 saturated carbocycles. The third-order valence-corrected chi connectivity index (χ3v) is 7.16. The number of nitrogens with zero attached hydrogens (tertiary/aromatic N) is 1. The number of aryl methyl sites for hydroxylation is 2. The minimum absolute atomic E-state index is 0.275. The highest BCUT2D eigenvalue weighted by Gasteiger charge is 2.50. The van der Waals surface area contributed by atoms with Gasteiger partial charge >= 0.3 is 5.97 Å². The fourth-order valence-corrected chi connectivity index (χ4v) is 5.78. The van der Waals surface area contributed by atoms with Gasteiger partial charge < -0.3 is 9.84 Å². The Kier molecular flexibility index (Phi) is 5.63. The Bertz CT molecular complexity index is 766. The number of hydrogen-bond donors (Lipinski definition) is 1. The number of carbonyl (C=O) groups excluding carboxylic acids is 1. The maximum Gasteiger partial charge on any atom is 0.308 e. The largest absolute Gasteiger partial charge is 0.426 e. The second-order valence-corrected chi connectivity index (χ2v) is 8.51. The molecular formula is C23H31NO3. The third kappa shape index (κ3) is 3.38. The SMILES string of the molecule is CCc1cc2c(cc1OC(C)=O)CCC1C2CC[C@](C)(C(O)C#N)C1CC. The van der Waals surface area contributed by atoms with Gasteiger partial charge in [-0.2, -0.15) is 5.26 Å². The first kappa shape index (κ1) is 19.9. The van der Waals surface area contributed by atoms with Crippen molar-refractivity contribution in [2.24, 2.45) is 17.3 Å². The molecule has 0 spiro atoms. The summed E-state index contributed by atoms with van der Waals surface area (Å²) >= 11 is 0. The highest BCUT2D eigenvalue weighted by Crippen LogP contribution is 2.57. The van der Waals surface area contributed by atoms with Gasteiger partial charge in [-0.05, 0) is 72.6 Å². The highest BCUT2D eigenvalue weighted by atomic mass is 16.5. The number of ether oxygens (including phenoxy) is 1. The normalized spacial score (nSPS) is 30.6. The van der Waals surface area contributed by atoms with E-state index in [9.17, 15) is 15.2 Å². The monoisotopic (exact) mass is 369 g/mol. The molecule has 2 aliphatic rings. The van der Waals surface area contributed by atoms with E-state index in [1.807, 2.05) is 0 Å². The van der Waals surface area contributed by atoms with Gasteiger partial charge in [-0.1, -0.05) is 33.3 Å². The van der Waals surface area contributed by atoms with E-state index in [-0.39, 0.29) is 11.4 Å². The van der Waals surface area contributed by atoms with E-state index in [0.29, 0.717) is 23.5 Å². The van der Waals surface area contributed by atoms with Gasteiger partial charge in [-0.25, -0.2) is 0 Å². The Morgan fingerprint density at radius 1 is 1.41 bits per heavy atom. The van der Waals surface area contributed by atoms with Crippen LogP contribution in [0.1, 0.15) is 76.0 Å². The van der Waals surface area contributed by atoms with Crippen LogP contribution in [0, 0.1) is 28.6 Å². The highest BCUT2D eigenvalue weighted by molar-refractivity contribution is 5.70. The van der Waals surface area contributed by atoms with Crippen LogP contribution in [0.4, 0.5) is 0 Å². The lowest BCUT2D eigenvalue weighted by Gasteiger charge is -2.52. The summed E-state index contributed by atoms with van der Waals surface area (Å²) in [5.74, 6) is 1.73. The van der Waals surface area contributed by atoms with Crippen LogP contribution in [0.25, 0.3) is 0 Å². The molecule has 1 aromatic rings. The van der Waals surface area contributed by atoms with Crippen LogP contribution >= 0.6 is 0 Å². The molecule has 1 N–H and O–H groups in total. The molecule has 1 aromatic carbocycles. The Morgan fingerprint density at radius 3 is 2.74 bits per heavy atom. The molecule has 0 bridgehead atoms. The number of esters is 1. The first-order chi connectivity index (χ1) is 12.8. The van der Waals surface area contributed by atoms with Crippen LogP contribution in [0.3, 0.4) is 0 Å². The molecule has 0 amide bonds. The summed E-state index contributed by atoms with van der Waals surface area (Å²) in [7, 11) is 0. The van der Waals surface area contributed by atoms with Gasteiger partial charge in [0.15, 0.2) is 0 Å². The van der Waals surface area contributed by atoms with Crippen LogP contribution < -0.4 is 4.74 Å². The first-order valence-electron chi connectivity index (χ1n) is 10.3. The molecule has 4 unspecified atom stereocenters. The Hall–Kier alpha value is -1.86. The topological polar surface area (TPSA) is 70.3 Å². The summed E-state index contributed by atoms with van der Waals surface area (Å²) in [6.07, 6.45) is 4.81. The number of aliphatic hydroxyl groups is 1. The van der Waals surface area contributed by atoms with E-state index in [2.05, 4.69) is 39.0 Å². The van der Waals surface area contributed by atoms with Crippen LogP contribution in [-0.2, 0) is 17.6 Å². The zero-order chi connectivity index (χ0) is 19.8. The maximum absolute atomic E-state index is 11.5. The number of fused-ring (bicyclic) bond motifs is 3. The molecule has 4 nitrogen and oxygen atoms in total. The molecule has 1 fully saturated rings. The summed E-state index contributed by atoms with van der Waals surface area (Å²) in [5, 5.41) is 19.8.